The first kappa shape index (κ1) is 32.3. The third kappa shape index (κ3) is 8.28. The highest BCUT2D eigenvalue weighted by atomic mass is 35.5. The van der Waals surface area contributed by atoms with Crippen LogP contribution in [0.1, 0.15) is 33.6 Å². The molecule has 0 spiro atoms. The van der Waals surface area contributed by atoms with Crippen LogP contribution < -0.4 is 15.6 Å². The maximum atomic E-state index is 13.9. The number of ketones is 1. The molecule has 0 fully saturated rings. The van der Waals surface area contributed by atoms with E-state index in [1.54, 1.807) is 25.1 Å². The maximum absolute atomic E-state index is 13.9. The van der Waals surface area contributed by atoms with Gasteiger partial charge in [0.15, 0.2) is 23.2 Å². The highest BCUT2D eigenvalue weighted by Gasteiger charge is 2.27. The Morgan fingerprint density at radius 3 is 2.30 bits per heavy atom. The zero-order valence-corrected chi connectivity index (χ0v) is 22.6. The van der Waals surface area contributed by atoms with E-state index in [1.165, 1.54) is 12.3 Å². The zero-order valence-electron chi connectivity index (χ0n) is 21.9. The van der Waals surface area contributed by atoms with Crippen LogP contribution in [-0.4, -0.2) is 41.5 Å². The molecule has 0 aliphatic carbocycles. The number of carbonyl (C=O) groups excluding carboxylic acids is 3. The fraction of sp³-hybridized carbons (Fsp3) is 0.333. The molecule has 0 aliphatic rings. The molecule has 8 nitrogen and oxygen atoms in total. The number of aromatic nitrogens is 1. The van der Waals surface area contributed by atoms with E-state index in [1.807, 2.05) is 13.8 Å². The van der Waals surface area contributed by atoms with Gasteiger partial charge in [-0.2, -0.15) is 8.78 Å². The van der Waals surface area contributed by atoms with Gasteiger partial charge in [-0.25, -0.2) is 8.78 Å². The highest BCUT2D eigenvalue weighted by molar-refractivity contribution is 6.31. The Balaban J connectivity index is 0.00000274. The predicted molar refractivity (Wildman–Crippen MR) is 139 cm³/mol. The van der Waals surface area contributed by atoms with Gasteiger partial charge >= 0.3 is 5.97 Å². The van der Waals surface area contributed by atoms with Crippen LogP contribution in [0.25, 0.3) is 10.8 Å². The summed E-state index contributed by atoms with van der Waals surface area (Å²) in [5.41, 5.74) is -0.548. The molecule has 1 heterocycles. The lowest BCUT2D eigenvalue weighted by Crippen LogP contribution is -2.46. The Labute approximate surface area is 231 Å². The monoisotopic (exact) mass is 586 g/mol. The van der Waals surface area contributed by atoms with E-state index < -0.39 is 77.9 Å². The Kier molecular flexibility index (Phi) is 12.1. The van der Waals surface area contributed by atoms with Crippen LogP contribution in [-0.2, 0) is 25.7 Å². The van der Waals surface area contributed by atoms with Crippen molar-refractivity contribution in [1.29, 1.82) is 0 Å². The number of rotatable bonds is 11. The number of hydrogen-bond acceptors (Lipinski definition) is 6. The van der Waals surface area contributed by atoms with Crippen molar-refractivity contribution < 1.29 is 41.4 Å². The second kappa shape index (κ2) is 15.0. The molecule has 0 saturated carbocycles. The number of nitrogens with one attached hydrogen (secondary N) is 1. The SMILES string of the molecule is CC.CCCOC(=O)CC(NC(=O)Cn1ccc2ccc(Cl)cc2c1=O)C(=O)COc1c(F)c(F)cc(F)c1F. The van der Waals surface area contributed by atoms with Gasteiger partial charge in [0.1, 0.15) is 19.2 Å². The molecule has 2 aromatic carbocycles. The van der Waals surface area contributed by atoms with Crippen molar-refractivity contribution in [2.24, 2.45) is 0 Å². The molecule has 216 valence electrons. The number of ether oxygens (including phenoxy) is 2. The van der Waals surface area contributed by atoms with E-state index in [4.69, 9.17) is 16.3 Å². The maximum Gasteiger partial charge on any atom is 0.308 e. The van der Waals surface area contributed by atoms with Crippen molar-refractivity contribution in [2.45, 2.75) is 46.2 Å². The zero-order chi connectivity index (χ0) is 30.0. The van der Waals surface area contributed by atoms with Crippen molar-refractivity contribution >= 4 is 40.0 Å². The highest BCUT2D eigenvalue weighted by Crippen LogP contribution is 2.26. The Morgan fingerprint density at radius 1 is 1.02 bits per heavy atom. The van der Waals surface area contributed by atoms with Gasteiger partial charge in [-0.1, -0.05) is 38.4 Å². The van der Waals surface area contributed by atoms with Gasteiger partial charge in [0, 0.05) is 22.7 Å². The normalized spacial score (nSPS) is 11.3. The topological polar surface area (TPSA) is 104 Å². The molecule has 0 radical (unpaired) electrons. The molecular weight excluding hydrogens is 560 g/mol. The summed E-state index contributed by atoms with van der Waals surface area (Å²) in [5, 5.41) is 3.38. The summed E-state index contributed by atoms with van der Waals surface area (Å²) < 4.78 is 65.2. The Hall–Kier alpha value is -3.93. The molecule has 40 heavy (non-hydrogen) atoms. The van der Waals surface area contributed by atoms with Crippen LogP contribution in [0.5, 0.6) is 5.75 Å². The number of carbonyl (C=O) groups is 3. The summed E-state index contributed by atoms with van der Waals surface area (Å²) in [6, 6.07) is 4.56. The van der Waals surface area contributed by atoms with Crippen LogP contribution in [0.3, 0.4) is 0 Å². The third-order valence-corrected chi connectivity index (χ3v) is 5.48. The number of esters is 1. The van der Waals surface area contributed by atoms with Crippen LogP contribution in [0, 0.1) is 23.3 Å². The molecule has 0 saturated heterocycles. The smallest absolute Gasteiger partial charge is 0.308 e. The molecule has 1 N–H and O–H groups in total. The Morgan fingerprint density at radius 2 is 1.68 bits per heavy atom. The minimum Gasteiger partial charge on any atom is -0.479 e. The van der Waals surface area contributed by atoms with E-state index >= 15 is 0 Å². The average Bonchev–Trinajstić information content (AvgIpc) is 2.93. The van der Waals surface area contributed by atoms with Gasteiger partial charge in [0.2, 0.25) is 17.5 Å². The minimum absolute atomic E-state index is 0.0260. The van der Waals surface area contributed by atoms with Crippen LogP contribution in [0.2, 0.25) is 5.02 Å². The number of benzene rings is 2. The molecule has 0 bridgehead atoms. The van der Waals surface area contributed by atoms with Gasteiger partial charge < -0.3 is 19.4 Å². The van der Waals surface area contributed by atoms with Crippen LogP contribution in [0.15, 0.2) is 41.3 Å². The van der Waals surface area contributed by atoms with Gasteiger partial charge in [0.05, 0.1) is 13.0 Å². The second-order valence-corrected chi connectivity index (χ2v) is 8.51. The van der Waals surface area contributed by atoms with E-state index in [-0.39, 0.29) is 18.1 Å². The summed E-state index contributed by atoms with van der Waals surface area (Å²) >= 11 is 5.94. The number of Topliss-reactive ketones (excluding diaryl/α,β-unsaturated/α-hetero) is 1. The standard InChI is InChI=1S/C25H21ClF4N2O6.C2H6/c1-2-7-37-21(35)10-18(19(33)12-38-24-22(29)16(27)9-17(28)23(24)30)31-20(34)11-32-6-5-13-3-4-14(26)8-15(13)25(32)36;1-2/h3-6,8-9,18H,2,7,10-12H2,1H3,(H,31,34);1-2H3. The summed E-state index contributed by atoms with van der Waals surface area (Å²) in [6.07, 6.45) is 1.13. The van der Waals surface area contributed by atoms with E-state index in [2.05, 4.69) is 10.1 Å². The van der Waals surface area contributed by atoms with E-state index in [0.29, 0.717) is 16.8 Å². The first-order valence-electron chi connectivity index (χ1n) is 12.2. The number of nitrogens with zero attached hydrogens (tertiary/aromatic N) is 1. The molecule has 0 aliphatic heterocycles. The van der Waals surface area contributed by atoms with Gasteiger partial charge in [-0.3, -0.25) is 19.2 Å². The van der Waals surface area contributed by atoms with Crippen molar-refractivity contribution in [3.63, 3.8) is 0 Å². The summed E-state index contributed by atoms with van der Waals surface area (Å²) in [6.45, 7) is 4.03. The first-order chi connectivity index (χ1) is 19.0. The third-order valence-electron chi connectivity index (χ3n) is 5.25. The van der Waals surface area contributed by atoms with Crippen LogP contribution in [0.4, 0.5) is 17.6 Å². The van der Waals surface area contributed by atoms with Gasteiger partial charge in [-0.05, 0) is 30.0 Å². The van der Waals surface area contributed by atoms with Crippen molar-refractivity contribution in [3.8, 4) is 5.75 Å². The fourth-order valence-corrected chi connectivity index (χ4v) is 3.55. The fourth-order valence-electron chi connectivity index (χ4n) is 3.38. The number of fused-ring (bicyclic) bond motifs is 1. The largest absolute Gasteiger partial charge is 0.479 e. The number of halogens is 5. The van der Waals surface area contributed by atoms with Crippen molar-refractivity contribution in [3.05, 3.63) is 75.2 Å². The van der Waals surface area contributed by atoms with Crippen molar-refractivity contribution in [2.75, 3.05) is 13.2 Å². The lowest BCUT2D eigenvalue weighted by molar-refractivity contribution is -0.146. The molecule has 3 rings (SSSR count). The molecule has 1 unspecified atom stereocenters. The van der Waals surface area contributed by atoms with Gasteiger partial charge in [0.25, 0.3) is 5.56 Å². The molecular formula is C27H27ClF4N2O6. The summed E-state index contributed by atoms with van der Waals surface area (Å²) in [4.78, 5) is 50.3. The molecule has 1 atom stereocenters. The Bertz CT molecular complexity index is 1420. The predicted octanol–water partition coefficient (Wildman–Crippen LogP) is 4.71. The minimum atomic E-state index is -1.87. The molecule has 1 amide bonds. The lowest BCUT2D eigenvalue weighted by atomic mass is 10.1. The number of amides is 1. The first-order valence-corrected chi connectivity index (χ1v) is 12.6. The number of hydrogen-bond donors (Lipinski definition) is 1. The summed E-state index contributed by atoms with van der Waals surface area (Å²) in [7, 11) is 0. The summed E-state index contributed by atoms with van der Waals surface area (Å²) in [5.74, 6) is -11.5. The average molecular weight is 587 g/mol. The van der Waals surface area contributed by atoms with E-state index in [9.17, 15) is 36.7 Å². The van der Waals surface area contributed by atoms with Crippen LogP contribution >= 0.6 is 11.6 Å². The quantitative estimate of drug-likeness (QED) is 0.198. The van der Waals surface area contributed by atoms with Gasteiger partial charge in [-0.15, -0.1) is 0 Å². The van der Waals surface area contributed by atoms with E-state index in [0.717, 1.165) is 4.57 Å². The molecule has 3 aromatic rings. The lowest BCUT2D eigenvalue weighted by Gasteiger charge is -2.18. The van der Waals surface area contributed by atoms with Crippen molar-refractivity contribution in [1.82, 2.24) is 9.88 Å². The molecule has 1 aromatic heterocycles. The second-order valence-electron chi connectivity index (χ2n) is 8.08. The number of pyridine rings is 1. The molecule has 13 heteroatoms.